The summed E-state index contributed by atoms with van der Waals surface area (Å²) >= 11 is 0. The van der Waals surface area contributed by atoms with Gasteiger partial charge >= 0.3 is 0 Å². The molecule has 2 aromatic carbocycles. The van der Waals surface area contributed by atoms with Gasteiger partial charge < -0.3 is 19.5 Å². The van der Waals surface area contributed by atoms with Crippen molar-refractivity contribution in [1.82, 2.24) is 15.1 Å². The molecule has 7 heteroatoms. The maximum Gasteiger partial charge on any atom is 0.273 e. The van der Waals surface area contributed by atoms with Crippen LogP contribution in [0.3, 0.4) is 0 Å². The Bertz CT molecular complexity index is 1260. The van der Waals surface area contributed by atoms with Crippen LogP contribution in [-0.4, -0.2) is 46.4 Å². The summed E-state index contributed by atoms with van der Waals surface area (Å²) < 4.78 is 11.6. The van der Waals surface area contributed by atoms with Crippen molar-refractivity contribution in [2.75, 3.05) is 20.3 Å². The fraction of sp³-hybridized carbons (Fsp3) is 0.357. The van der Waals surface area contributed by atoms with Gasteiger partial charge in [-0.3, -0.25) is 9.89 Å². The molecule has 1 amide bonds. The number of carbonyl (C=O) groups excluding carboxylic acids is 1. The molecule has 0 saturated carbocycles. The predicted molar refractivity (Wildman–Crippen MR) is 136 cm³/mol. The molecule has 4 rings (SSSR count). The zero-order chi connectivity index (χ0) is 25.3. The van der Waals surface area contributed by atoms with Crippen LogP contribution in [0.15, 0.2) is 43.0 Å². The smallest absolute Gasteiger partial charge is 0.273 e. The van der Waals surface area contributed by atoms with Gasteiger partial charge in [-0.2, -0.15) is 5.10 Å². The Morgan fingerprint density at radius 3 is 2.69 bits per heavy atom. The molecule has 35 heavy (non-hydrogen) atoms. The van der Waals surface area contributed by atoms with Crippen LogP contribution in [0.5, 0.6) is 17.2 Å². The maximum absolute atomic E-state index is 13.3. The fourth-order valence-electron chi connectivity index (χ4n) is 4.59. The number of H-pyrrole nitrogens is 1. The van der Waals surface area contributed by atoms with Crippen LogP contribution in [0.25, 0.3) is 11.3 Å². The maximum atomic E-state index is 13.3. The molecule has 2 N–H and O–H groups in total. The summed E-state index contributed by atoms with van der Waals surface area (Å²) in [4.78, 5) is 15.1. The van der Waals surface area contributed by atoms with E-state index in [-0.39, 0.29) is 11.7 Å². The zero-order valence-corrected chi connectivity index (χ0v) is 21.0. The number of hydrogen-bond donors (Lipinski definition) is 2. The first kappa shape index (κ1) is 24.4. The first-order chi connectivity index (χ1) is 16.8. The third-order valence-corrected chi connectivity index (χ3v) is 6.35. The number of phenols is 1. The largest absolute Gasteiger partial charge is 0.507 e. The molecule has 0 fully saturated rings. The highest BCUT2D eigenvalue weighted by Crippen LogP contribution is 2.46. The van der Waals surface area contributed by atoms with E-state index in [2.05, 4.69) is 30.6 Å². The summed E-state index contributed by atoms with van der Waals surface area (Å²) in [5.41, 5.74) is 4.92. The summed E-state index contributed by atoms with van der Waals surface area (Å²) in [6.45, 7) is 12.9. The molecule has 1 aliphatic heterocycles. The number of nitrogens with one attached hydrogen (secondary N) is 1. The number of aromatic amines is 1. The molecule has 2 heterocycles. The van der Waals surface area contributed by atoms with Gasteiger partial charge in [-0.25, -0.2) is 0 Å². The summed E-state index contributed by atoms with van der Waals surface area (Å²) in [6, 6.07) is 9.13. The van der Waals surface area contributed by atoms with Gasteiger partial charge in [0, 0.05) is 17.7 Å². The van der Waals surface area contributed by atoms with Crippen molar-refractivity contribution in [3.63, 3.8) is 0 Å². The van der Waals surface area contributed by atoms with Crippen molar-refractivity contribution in [1.29, 1.82) is 0 Å². The second-order valence-electron chi connectivity index (χ2n) is 9.43. The first-order valence-corrected chi connectivity index (χ1v) is 11.9. The predicted octanol–water partition coefficient (Wildman–Crippen LogP) is 5.56. The zero-order valence-electron chi connectivity index (χ0n) is 21.0. The van der Waals surface area contributed by atoms with E-state index >= 15 is 0 Å². The molecule has 0 saturated heterocycles. The first-order valence-electron chi connectivity index (χ1n) is 11.9. The highest BCUT2D eigenvalue weighted by molar-refractivity contribution is 6.00. The minimum Gasteiger partial charge on any atom is -0.507 e. The standard InChI is InChI=1S/C28H33N3O4/c1-7-11-31-26(19-8-9-21(22(15-19)34-6)35-12-10-16(2)3)23-24(29-30-25(23)28(31)33)20-14-17(4)13-18(5)27(20)32/h7-9,13-16,26,32H,1,10-12H2,2-6H3,(H,29,30). The topological polar surface area (TPSA) is 87.7 Å². The van der Waals surface area contributed by atoms with E-state index in [1.807, 2.05) is 44.2 Å². The van der Waals surface area contributed by atoms with Crippen LogP contribution in [-0.2, 0) is 0 Å². The normalized spacial score (nSPS) is 15.0. The van der Waals surface area contributed by atoms with E-state index in [4.69, 9.17) is 9.47 Å². The Kier molecular flexibility index (Phi) is 6.87. The van der Waals surface area contributed by atoms with Crippen molar-refractivity contribution in [3.8, 4) is 28.5 Å². The Hall–Kier alpha value is -3.74. The molecule has 1 atom stereocenters. The average Bonchev–Trinajstić information content (AvgIpc) is 3.36. The van der Waals surface area contributed by atoms with Crippen LogP contribution in [0.2, 0.25) is 0 Å². The van der Waals surface area contributed by atoms with E-state index in [9.17, 15) is 9.90 Å². The van der Waals surface area contributed by atoms with Crippen molar-refractivity contribution >= 4 is 5.91 Å². The quantitative estimate of drug-likeness (QED) is 0.396. The van der Waals surface area contributed by atoms with Crippen LogP contribution in [0.1, 0.15) is 59.1 Å². The second-order valence-corrected chi connectivity index (χ2v) is 9.43. The molecule has 0 radical (unpaired) electrons. The Balaban J connectivity index is 1.82. The number of aromatic hydroxyl groups is 1. The molecule has 0 spiro atoms. The third kappa shape index (κ3) is 4.50. The van der Waals surface area contributed by atoms with Crippen LogP contribution < -0.4 is 9.47 Å². The number of rotatable bonds is 9. The van der Waals surface area contributed by atoms with Gasteiger partial charge in [0.2, 0.25) is 0 Å². The van der Waals surface area contributed by atoms with E-state index < -0.39 is 6.04 Å². The number of hydrogen-bond acceptors (Lipinski definition) is 5. The molecular formula is C28H33N3O4. The fourth-order valence-corrected chi connectivity index (χ4v) is 4.59. The van der Waals surface area contributed by atoms with Gasteiger partial charge in [-0.15, -0.1) is 6.58 Å². The summed E-state index contributed by atoms with van der Waals surface area (Å²) in [5.74, 6) is 1.80. The second kappa shape index (κ2) is 9.86. The molecule has 184 valence electrons. The molecule has 0 bridgehead atoms. The van der Waals surface area contributed by atoms with Crippen LogP contribution >= 0.6 is 0 Å². The molecule has 7 nitrogen and oxygen atoms in total. The number of benzene rings is 2. The Morgan fingerprint density at radius 2 is 2.00 bits per heavy atom. The number of phenolic OH excluding ortho intramolecular Hbond substituents is 1. The van der Waals surface area contributed by atoms with Gasteiger partial charge in [-0.05, 0) is 61.1 Å². The lowest BCUT2D eigenvalue weighted by atomic mass is 9.94. The van der Waals surface area contributed by atoms with Crippen molar-refractivity contribution in [3.05, 3.63) is 70.9 Å². The summed E-state index contributed by atoms with van der Waals surface area (Å²) in [5, 5.41) is 18.3. The van der Waals surface area contributed by atoms with Gasteiger partial charge in [0.1, 0.15) is 17.1 Å². The summed E-state index contributed by atoms with van der Waals surface area (Å²) in [7, 11) is 1.61. The van der Waals surface area contributed by atoms with E-state index in [1.165, 1.54) is 0 Å². The number of amides is 1. The molecule has 3 aromatic rings. The van der Waals surface area contributed by atoms with Gasteiger partial charge in [0.05, 0.1) is 19.8 Å². The summed E-state index contributed by atoms with van der Waals surface area (Å²) in [6.07, 6.45) is 2.65. The minimum atomic E-state index is -0.428. The third-order valence-electron chi connectivity index (χ3n) is 6.35. The lowest BCUT2D eigenvalue weighted by Gasteiger charge is -2.26. The number of aromatic nitrogens is 2. The number of carbonyl (C=O) groups is 1. The number of methoxy groups -OCH3 is 1. The average molecular weight is 476 g/mol. The Labute approximate surface area is 206 Å². The SMILES string of the molecule is C=CCN1C(=O)c2[nH]nc(-c3cc(C)cc(C)c3O)c2C1c1ccc(OCCC(C)C)c(OC)c1. The van der Waals surface area contributed by atoms with Gasteiger partial charge in [0.25, 0.3) is 5.91 Å². The van der Waals surface area contributed by atoms with E-state index in [1.54, 1.807) is 18.1 Å². The van der Waals surface area contributed by atoms with Crippen molar-refractivity contribution in [2.24, 2.45) is 5.92 Å². The van der Waals surface area contributed by atoms with Gasteiger partial charge in [0.15, 0.2) is 11.5 Å². The molecule has 1 aromatic heterocycles. The van der Waals surface area contributed by atoms with E-state index in [0.29, 0.717) is 47.5 Å². The lowest BCUT2D eigenvalue weighted by Crippen LogP contribution is -2.29. The monoisotopic (exact) mass is 475 g/mol. The molecule has 1 unspecified atom stereocenters. The Morgan fingerprint density at radius 1 is 1.23 bits per heavy atom. The van der Waals surface area contributed by atoms with Crippen LogP contribution in [0.4, 0.5) is 0 Å². The number of ether oxygens (including phenoxy) is 2. The highest BCUT2D eigenvalue weighted by atomic mass is 16.5. The lowest BCUT2D eigenvalue weighted by molar-refractivity contribution is 0.0764. The van der Waals surface area contributed by atoms with Gasteiger partial charge in [-0.1, -0.05) is 32.1 Å². The van der Waals surface area contributed by atoms with E-state index in [0.717, 1.165) is 28.7 Å². The number of nitrogens with zero attached hydrogens (tertiary/aromatic N) is 2. The number of aryl methyl sites for hydroxylation is 2. The minimum absolute atomic E-state index is 0.157. The molecule has 1 aliphatic rings. The highest BCUT2D eigenvalue weighted by Gasteiger charge is 2.42. The van der Waals surface area contributed by atoms with Crippen molar-refractivity contribution < 1.29 is 19.4 Å². The van der Waals surface area contributed by atoms with Crippen molar-refractivity contribution in [2.45, 2.75) is 40.2 Å². The molecular weight excluding hydrogens is 442 g/mol. The molecule has 0 aliphatic carbocycles. The van der Waals surface area contributed by atoms with Crippen LogP contribution in [0, 0.1) is 19.8 Å². The number of fused-ring (bicyclic) bond motifs is 1.